The predicted molar refractivity (Wildman–Crippen MR) is 58.9 cm³/mol. The first kappa shape index (κ1) is 11.3. The summed E-state index contributed by atoms with van der Waals surface area (Å²) in [7, 11) is 0. The van der Waals surface area contributed by atoms with E-state index in [-0.39, 0.29) is 0 Å². The van der Waals surface area contributed by atoms with Gasteiger partial charge < -0.3 is 10.8 Å². The molecule has 13 heavy (non-hydrogen) atoms. The molecule has 1 aliphatic carbocycles. The Labute approximate surface area is 85.3 Å². The van der Waals surface area contributed by atoms with Crippen molar-refractivity contribution < 1.29 is 5.11 Å². The minimum atomic E-state index is 0.310. The molecule has 3 N–H and O–H groups in total. The van der Waals surface area contributed by atoms with Crippen molar-refractivity contribution in [3.05, 3.63) is 0 Å². The lowest BCUT2D eigenvalue weighted by Crippen LogP contribution is -2.38. The van der Waals surface area contributed by atoms with Gasteiger partial charge in [-0.15, -0.1) is 0 Å². The van der Waals surface area contributed by atoms with Gasteiger partial charge in [-0.1, -0.05) is 6.92 Å². The van der Waals surface area contributed by atoms with E-state index in [1.165, 1.54) is 19.3 Å². The van der Waals surface area contributed by atoms with Crippen LogP contribution in [0.4, 0.5) is 0 Å². The average molecular weight is 203 g/mol. The van der Waals surface area contributed by atoms with Crippen LogP contribution < -0.4 is 5.73 Å². The van der Waals surface area contributed by atoms with Gasteiger partial charge in [0, 0.05) is 17.9 Å². The number of rotatable bonds is 4. The molecule has 78 valence electrons. The Bertz CT molecular complexity index is 143. The van der Waals surface area contributed by atoms with E-state index in [0.717, 1.165) is 18.1 Å². The van der Waals surface area contributed by atoms with E-state index < -0.39 is 0 Å². The standard InChI is InChI=1S/C10H21NOS/c1-8-3-4-9(11)10(7-8)13-6-2-5-12/h8-10,12H,2-7,11H2,1H3. The Kier molecular flexibility index (Phi) is 5.14. The first-order chi connectivity index (χ1) is 6.24. The van der Waals surface area contributed by atoms with Crippen molar-refractivity contribution in [3.8, 4) is 0 Å². The molecule has 0 amide bonds. The topological polar surface area (TPSA) is 46.2 Å². The molecule has 1 fully saturated rings. The third-order valence-electron chi connectivity index (χ3n) is 2.74. The van der Waals surface area contributed by atoms with E-state index in [4.69, 9.17) is 10.8 Å². The lowest BCUT2D eigenvalue weighted by molar-refractivity contribution is 0.296. The van der Waals surface area contributed by atoms with Gasteiger partial charge in [0.2, 0.25) is 0 Å². The second-order valence-electron chi connectivity index (χ2n) is 4.07. The summed E-state index contributed by atoms with van der Waals surface area (Å²) in [6.45, 7) is 2.62. The molecule has 0 saturated heterocycles. The highest BCUT2D eigenvalue weighted by Gasteiger charge is 2.25. The summed E-state index contributed by atoms with van der Waals surface area (Å²) in [6, 6.07) is 0.389. The SMILES string of the molecule is CC1CCC(N)C(SCCCO)C1. The summed E-state index contributed by atoms with van der Waals surface area (Å²) in [5, 5.41) is 9.30. The Morgan fingerprint density at radius 3 is 2.92 bits per heavy atom. The first-order valence-electron chi connectivity index (χ1n) is 5.22. The zero-order valence-electron chi connectivity index (χ0n) is 8.41. The van der Waals surface area contributed by atoms with Crippen molar-refractivity contribution in [2.45, 2.75) is 43.9 Å². The molecule has 0 heterocycles. The van der Waals surface area contributed by atoms with E-state index in [2.05, 4.69) is 6.92 Å². The quantitative estimate of drug-likeness (QED) is 0.683. The summed E-state index contributed by atoms with van der Waals surface area (Å²) in [5.74, 6) is 1.90. The summed E-state index contributed by atoms with van der Waals surface area (Å²) < 4.78 is 0. The smallest absolute Gasteiger partial charge is 0.0438 e. The molecule has 2 nitrogen and oxygen atoms in total. The molecule has 0 bridgehead atoms. The highest BCUT2D eigenvalue weighted by molar-refractivity contribution is 7.99. The van der Waals surface area contributed by atoms with Crippen LogP contribution in [0, 0.1) is 5.92 Å². The molecule has 0 radical (unpaired) electrons. The lowest BCUT2D eigenvalue weighted by atomic mass is 9.87. The highest BCUT2D eigenvalue weighted by Crippen LogP contribution is 2.31. The zero-order chi connectivity index (χ0) is 9.68. The zero-order valence-corrected chi connectivity index (χ0v) is 9.22. The van der Waals surface area contributed by atoms with Crippen LogP contribution in [-0.4, -0.2) is 28.8 Å². The Balaban J connectivity index is 2.21. The Morgan fingerprint density at radius 2 is 2.23 bits per heavy atom. The normalized spacial score (nSPS) is 34.8. The maximum atomic E-state index is 8.67. The fourth-order valence-corrected chi connectivity index (χ4v) is 3.29. The van der Waals surface area contributed by atoms with Gasteiger partial charge in [-0.25, -0.2) is 0 Å². The van der Waals surface area contributed by atoms with Gasteiger partial charge in [-0.2, -0.15) is 11.8 Å². The van der Waals surface area contributed by atoms with E-state index in [1.54, 1.807) is 0 Å². The average Bonchev–Trinajstić information content (AvgIpc) is 2.11. The predicted octanol–water partition coefficient (Wildman–Crippen LogP) is 1.62. The molecule has 0 aromatic heterocycles. The number of aliphatic hydroxyl groups is 1. The molecule has 0 spiro atoms. The molecule has 0 aromatic carbocycles. The van der Waals surface area contributed by atoms with E-state index in [0.29, 0.717) is 17.9 Å². The van der Waals surface area contributed by atoms with Crippen molar-refractivity contribution in [2.24, 2.45) is 11.7 Å². The van der Waals surface area contributed by atoms with Crippen LogP contribution >= 0.6 is 11.8 Å². The van der Waals surface area contributed by atoms with Crippen LogP contribution in [0.1, 0.15) is 32.6 Å². The van der Waals surface area contributed by atoms with Gasteiger partial charge >= 0.3 is 0 Å². The Hall–Kier alpha value is 0.270. The van der Waals surface area contributed by atoms with Crippen LogP contribution in [0.25, 0.3) is 0 Å². The second kappa shape index (κ2) is 5.89. The minimum absolute atomic E-state index is 0.310. The van der Waals surface area contributed by atoms with Crippen LogP contribution in [0.5, 0.6) is 0 Å². The van der Waals surface area contributed by atoms with Gasteiger partial charge in [0.15, 0.2) is 0 Å². The molecule has 3 heteroatoms. The third-order valence-corrected chi connectivity index (χ3v) is 4.23. The molecule has 1 saturated carbocycles. The summed E-state index contributed by atoms with van der Waals surface area (Å²) >= 11 is 1.95. The maximum Gasteiger partial charge on any atom is 0.0438 e. The third kappa shape index (κ3) is 3.88. The molecular weight excluding hydrogens is 182 g/mol. The largest absolute Gasteiger partial charge is 0.396 e. The van der Waals surface area contributed by atoms with Crippen LogP contribution in [0.15, 0.2) is 0 Å². The van der Waals surface area contributed by atoms with Crippen LogP contribution in [0.3, 0.4) is 0 Å². The summed E-state index contributed by atoms with van der Waals surface area (Å²) in [4.78, 5) is 0. The van der Waals surface area contributed by atoms with Gasteiger partial charge in [0.25, 0.3) is 0 Å². The Morgan fingerprint density at radius 1 is 1.46 bits per heavy atom. The lowest BCUT2D eigenvalue weighted by Gasteiger charge is -2.32. The van der Waals surface area contributed by atoms with Crippen molar-refractivity contribution in [1.82, 2.24) is 0 Å². The number of hydrogen-bond donors (Lipinski definition) is 2. The molecule has 1 aliphatic rings. The van der Waals surface area contributed by atoms with Crippen molar-refractivity contribution >= 4 is 11.8 Å². The fraction of sp³-hybridized carbons (Fsp3) is 1.00. The molecular formula is C10H21NOS. The van der Waals surface area contributed by atoms with Crippen LogP contribution in [-0.2, 0) is 0 Å². The molecule has 0 aromatic rings. The summed E-state index contributed by atoms with van der Waals surface area (Å²) in [5.41, 5.74) is 6.04. The van der Waals surface area contributed by atoms with E-state index in [9.17, 15) is 0 Å². The molecule has 3 unspecified atom stereocenters. The van der Waals surface area contributed by atoms with Gasteiger partial charge in [-0.05, 0) is 37.4 Å². The molecule has 3 atom stereocenters. The van der Waals surface area contributed by atoms with Gasteiger partial charge in [0.1, 0.15) is 0 Å². The number of thioether (sulfide) groups is 1. The van der Waals surface area contributed by atoms with Crippen LogP contribution in [0.2, 0.25) is 0 Å². The molecule has 0 aliphatic heterocycles. The van der Waals surface area contributed by atoms with Crippen molar-refractivity contribution in [1.29, 1.82) is 0 Å². The fourth-order valence-electron chi connectivity index (χ4n) is 1.84. The second-order valence-corrected chi connectivity index (χ2v) is 5.42. The number of aliphatic hydroxyl groups excluding tert-OH is 1. The van der Waals surface area contributed by atoms with E-state index >= 15 is 0 Å². The van der Waals surface area contributed by atoms with Crippen molar-refractivity contribution in [2.75, 3.05) is 12.4 Å². The minimum Gasteiger partial charge on any atom is -0.396 e. The summed E-state index contributed by atoms with van der Waals surface area (Å²) in [6.07, 6.45) is 4.63. The number of nitrogens with two attached hydrogens (primary N) is 1. The van der Waals surface area contributed by atoms with E-state index in [1.807, 2.05) is 11.8 Å². The number of hydrogen-bond acceptors (Lipinski definition) is 3. The first-order valence-corrected chi connectivity index (χ1v) is 6.27. The van der Waals surface area contributed by atoms with Gasteiger partial charge in [0.05, 0.1) is 0 Å². The molecule has 1 rings (SSSR count). The van der Waals surface area contributed by atoms with Crippen molar-refractivity contribution in [3.63, 3.8) is 0 Å². The highest BCUT2D eigenvalue weighted by atomic mass is 32.2. The monoisotopic (exact) mass is 203 g/mol. The van der Waals surface area contributed by atoms with Gasteiger partial charge in [-0.3, -0.25) is 0 Å². The maximum absolute atomic E-state index is 8.67.